The highest BCUT2D eigenvalue weighted by molar-refractivity contribution is 5.51. The fourth-order valence-corrected chi connectivity index (χ4v) is 1.75. The largest absolute Gasteiger partial charge is 0.496 e. The summed E-state index contributed by atoms with van der Waals surface area (Å²) in [6, 6.07) is 8.08. The number of nitro benzene ring substituents is 1. The van der Waals surface area contributed by atoms with Crippen molar-refractivity contribution in [2.45, 2.75) is 6.61 Å². The predicted octanol–water partition coefficient (Wildman–Crippen LogP) is 2.62. The van der Waals surface area contributed by atoms with E-state index in [1.54, 1.807) is 25.4 Å². The van der Waals surface area contributed by atoms with E-state index in [9.17, 15) is 10.1 Å². The SMILES string of the molecule is CNc1cc(COc2ccc(OC)cc2[N+](=O)[O-])ccn1. The van der Waals surface area contributed by atoms with Gasteiger partial charge in [-0.3, -0.25) is 10.1 Å². The van der Waals surface area contributed by atoms with Gasteiger partial charge in [-0.1, -0.05) is 0 Å². The fraction of sp³-hybridized carbons (Fsp3) is 0.214. The van der Waals surface area contributed by atoms with E-state index in [0.717, 1.165) is 5.56 Å². The first-order valence-electron chi connectivity index (χ1n) is 6.22. The van der Waals surface area contributed by atoms with Crippen molar-refractivity contribution in [3.63, 3.8) is 0 Å². The van der Waals surface area contributed by atoms with Crippen molar-refractivity contribution in [2.24, 2.45) is 0 Å². The normalized spacial score (nSPS) is 10.0. The topological polar surface area (TPSA) is 86.5 Å². The summed E-state index contributed by atoms with van der Waals surface area (Å²) in [6.07, 6.45) is 1.65. The van der Waals surface area contributed by atoms with Crippen molar-refractivity contribution in [3.8, 4) is 11.5 Å². The van der Waals surface area contributed by atoms with E-state index in [1.165, 1.54) is 19.2 Å². The summed E-state index contributed by atoms with van der Waals surface area (Å²) in [4.78, 5) is 14.6. The molecule has 0 aliphatic carbocycles. The molecule has 0 radical (unpaired) electrons. The molecule has 7 heteroatoms. The molecule has 110 valence electrons. The Kier molecular flexibility index (Phi) is 4.55. The lowest BCUT2D eigenvalue weighted by Crippen LogP contribution is -2.01. The van der Waals surface area contributed by atoms with Crippen molar-refractivity contribution >= 4 is 11.5 Å². The molecule has 2 aromatic rings. The number of ether oxygens (including phenoxy) is 2. The van der Waals surface area contributed by atoms with E-state index < -0.39 is 4.92 Å². The van der Waals surface area contributed by atoms with Crippen LogP contribution in [-0.4, -0.2) is 24.1 Å². The number of nitrogens with zero attached hydrogens (tertiary/aromatic N) is 2. The van der Waals surface area contributed by atoms with Crippen molar-refractivity contribution in [1.82, 2.24) is 4.98 Å². The number of pyridine rings is 1. The van der Waals surface area contributed by atoms with Gasteiger partial charge in [-0.15, -0.1) is 0 Å². The molecule has 1 N–H and O–H groups in total. The molecule has 0 spiro atoms. The second kappa shape index (κ2) is 6.56. The van der Waals surface area contributed by atoms with Gasteiger partial charge >= 0.3 is 5.69 Å². The Morgan fingerprint density at radius 3 is 2.81 bits per heavy atom. The molecule has 0 unspecified atom stereocenters. The smallest absolute Gasteiger partial charge is 0.314 e. The zero-order valence-corrected chi connectivity index (χ0v) is 11.7. The molecule has 0 saturated carbocycles. The Balaban J connectivity index is 2.17. The van der Waals surface area contributed by atoms with Crippen LogP contribution in [0.15, 0.2) is 36.5 Å². The van der Waals surface area contributed by atoms with Gasteiger partial charge in [0.1, 0.15) is 18.2 Å². The number of nitro groups is 1. The van der Waals surface area contributed by atoms with E-state index in [-0.39, 0.29) is 18.0 Å². The average molecular weight is 289 g/mol. The van der Waals surface area contributed by atoms with E-state index >= 15 is 0 Å². The number of benzene rings is 1. The minimum absolute atomic E-state index is 0.128. The van der Waals surface area contributed by atoms with Crippen LogP contribution in [-0.2, 0) is 6.61 Å². The van der Waals surface area contributed by atoms with Crippen molar-refractivity contribution < 1.29 is 14.4 Å². The zero-order chi connectivity index (χ0) is 15.2. The van der Waals surface area contributed by atoms with Crippen LogP contribution in [0.5, 0.6) is 11.5 Å². The Morgan fingerprint density at radius 1 is 1.33 bits per heavy atom. The number of methoxy groups -OCH3 is 1. The summed E-state index contributed by atoms with van der Waals surface area (Å²) >= 11 is 0. The number of hydrogen-bond donors (Lipinski definition) is 1. The van der Waals surface area contributed by atoms with Gasteiger partial charge < -0.3 is 14.8 Å². The molecule has 0 saturated heterocycles. The fourth-order valence-electron chi connectivity index (χ4n) is 1.75. The number of aromatic nitrogens is 1. The minimum Gasteiger partial charge on any atom is -0.496 e. The zero-order valence-electron chi connectivity index (χ0n) is 11.7. The third-order valence-corrected chi connectivity index (χ3v) is 2.84. The minimum atomic E-state index is -0.497. The Labute approximate surface area is 121 Å². The highest BCUT2D eigenvalue weighted by atomic mass is 16.6. The van der Waals surface area contributed by atoms with Crippen molar-refractivity contribution in [3.05, 3.63) is 52.2 Å². The van der Waals surface area contributed by atoms with Gasteiger partial charge in [0.15, 0.2) is 5.75 Å². The summed E-state index contributed by atoms with van der Waals surface area (Å²) in [5.41, 5.74) is 0.733. The first-order chi connectivity index (χ1) is 10.1. The number of hydrogen-bond acceptors (Lipinski definition) is 6. The lowest BCUT2D eigenvalue weighted by atomic mass is 10.2. The van der Waals surface area contributed by atoms with Gasteiger partial charge in [0, 0.05) is 13.2 Å². The summed E-state index contributed by atoms with van der Waals surface area (Å²) in [5.74, 6) is 1.32. The van der Waals surface area contributed by atoms with Gasteiger partial charge in [-0.25, -0.2) is 4.98 Å². The van der Waals surface area contributed by atoms with Crippen molar-refractivity contribution in [1.29, 1.82) is 0 Å². The molecule has 0 atom stereocenters. The average Bonchev–Trinajstić information content (AvgIpc) is 2.52. The maximum absolute atomic E-state index is 11.1. The number of rotatable bonds is 6. The summed E-state index contributed by atoms with van der Waals surface area (Å²) in [5, 5.41) is 14.0. The standard InChI is InChI=1S/C14H15N3O4/c1-15-14-7-10(5-6-16-14)9-21-13-4-3-11(20-2)8-12(13)17(18)19/h3-8H,9H2,1-2H3,(H,15,16). The second-order valence-electron chi connectivity index (χ2n) is 4.18. The molecule has 2 rings (SSSR count). The summed E-state index contributed by atoms with van der Waals surface area (Å²) < 4.78 is 10.5. The quantitative estimate of drug-likeness (QED) is 0.649. The number of anilines is 1. The number of nitrogens with one attached hydrogen (secondary N) is 1. The molecule has 7 nitrogen and oxygen atoms in total. The Hall–Kier alpha value is -2.83. The molecule has 21 heavy (non-hydrogen) atoms. The monoisotopic (exact) mass is 289 g/mol. The molecule has 0 amide bonds. The van der Waals surface area contributed by atoms with Crippen LogP contribution >= 0.6 is 0 Å². The van der Waals surface area contributed by atoms with E-state index in [0.29, 0.717) is 11.6 Å². The molecule has 1 heterocycles. The van der Waals surface area contributed by atoms with Crippen LogP contribution in [0, 0.1) is 10.1 Å². The third-order valence-electron chi connectivity index (χ3n) is 2.84. The molecular formula is C14H15N3O4. The predicted molar refractivity (Wildman–Crippen MR) is 77.8 cm³/mol. The van der Waals surface area contributed by atoms with Gasteiger partial charge in [0.05, 0.1) is 18.1 Å². The van der Waals surface area contributed by atoms with Crippen LogP contribution in [0.1, 0.15) is 5.56 Å². The van der Waals surface area contributed by atoms with Gasteiger partial charge in [-0.2, -0.15) is 0 Å². The van der Waals surface area contributed by atoms with Crippen LogP contribution in [0.2, 0.25) is 0 Å². The van der Waals surface area contributed by atoms with Crippen LogP contribution < -0.4 is 14.8 Å². The van der Waals surface area contributed by atoms with Crippen LogP contribution in [0.3, 0.4) is 0 Å². The molecule has 0 aliphatic heterocycles. The lowest BCUT2D eigenvalue weighted by molar-refractivity contribution is -0.386. The maximum atomic E-state index is 11.1. The molecular weight excluding hydrogens is 274 g/mol. The van der Waals surface area contributed by atoms with Crippen LogP contribution in [0.4, 0.5) is 11.5 Å². The molecule has 0 fully saturated rings. The molecule has 0 bridgehead atoms. The molecule has 1 aromatic carbocycles. The second-order valence-corrected chi connectivity index (χ2v) is 4.18. The Morgan fingerprint density at radius 2 is 2.14 bits per heavy atom. The third kappa shape index (κ3) is 3.59. The highest BCUT2D eigenvalue weighted by Crippen LogP contribution is 2.31. The molecule has 1 aromatic heterocycles. The van der Waals surface area contributed by atoms with Crippen LogP contribution in [0.25, 0.3) is 0 Å². The summed E-state index contributed by atoms with van der Waals surface area (Å²) in [6.45, 7) is 0.213. The van der Waals surface area contributed by atoms with E-state index in [4.69, 9.17) is 9.47 Å². The maximum Gasteiger partial charge on any atom is 0.314 e. The van der Waals surface area contributed by atoms with E-state index in [1.807, 2.05) is 6.07 Å². The highest BCUT2D eigenvalue weighted by Gasteiger charge is 2.16. The lowest BCUT2D eigenvalue weighted by Gasteiger charge is -2.09. The van der Waals surface area contributed by atoms with Gasteiger partial charge in [0.2, 0.25) is 0 Å². The van der Waals surface area contributed by atoms with E-state index in [2.05, 4.69) is 10.3 Å². The Bertz CT molecular complexity index is 646. The molecule has 0 aliphatic rings. The van der Waals surface area contributed by atoms with Gasteiger partial charge in [0.25, 0.3) is 0 Å². The summed E-state index contributed by atoms with van der Waals surface area (Å²) in [7, 11) is 3.22. The van der Waals surface area contributed by atoms with Gasteiger partial charge in [-0.05, 0) is 29.8 Å². The van der Waals surface area contributed by atoms with Crippen molar-refractivity contribution in [2.75, 3.05) is 19.5 Å². The first-order valence-corrected chi connectivity index (χ1v) is 6.22. The first kappa shape index (κ1) is 14.6.